The molecule has 0 aromatic rings. The lowest BCUT2D eigenvalue weighted by molar-refractivity contribution is -0.120. The molecule has 3 N–H and O–H groups in total. The summed E-state index contributed by atoms with van der Waals surface area (Å²) in [6.45, 7) is 5.18. The Morgan fingerprint density at radius 1 is 1.38 bits per heavy atom. The molecule has 96 valence electrons. The smallest absolute Gasteiger partial charge is 0.264 e. The van der Waals surface area contributed by atoms with Crippen LogP contribution >= 0.6 is 0 Å². The summed E-state index contributed by atoms with van der Waals surface area (Å²) in [6.07, 6.45) is 0.288. The molecule has 0 atom stereocenters. The first-order valence-corrected chi connectivity index (χ1v) is 6.85. The second kappa shape index (κ2) is 7.59. The Labute approximate surface area is 96.5 Å². The van der Waals surface area contributed by atoms with Crippen molar-refractivity contribution in [2.75, 3.05) is 25.4 Å². The molecule has 0 saturated heterocycles. The van der Waals surface area contributed by atoms with Gasteiger partial charge in [-0.25, -0.2) is 0 Å². The maximum atomic E-state index is 11.2. The summed E-state index contributed by atoms with van der Waals surface area (Å²) < 4.78 is 29.1. The topological polar surface area (TPSA) is 95.5 Å². The predicted octanol–water partition coefficient (Wildman–Crippen LogP) is -0.374. The molecule has 6 nitrogen and oxygen atoms in total. The number of hydrogen-bond acceptors (Lipinski definition) is 4. The molecule has 16 heavy (non-hydrogen) atoms. The van der Waals surface area contributed by atoms with Crippen molar-refractivity contribution in [2.45, 2.75) is 20.3 Å². The van der Waals surface area contributed by atoms with Crippen molar-refractivity contribution in [3.8, 4) is 0 Å². The van der Waals surface area contributed by atoms with Crippen molar-refractivity contribution in [2.24, 2.45) is 5.92 Å². The second-order valence-corrected chi connectivity index (χ2v) is 5.59. The zero-order chi connectivity index (χ0) is 12.6. The van der Waals surface area contributed by atoms with E-state index in [0.29, 0.717) is 19.0 Å². The van der Waals surface area contributed by atoms with Gasteiger partial charge < -0.3 is 10.6 Å². The lowest BCUT2D eigenvalue weighted by Gasteiger charge is -2.08. The minimum Gasteiger partial charge on any atom is -0.355 e. The Bertz CT molecular complexity index is 301. The standard InChI is InChI=1S/C9H20N2O4S/c1-8(2)6-11-9(12)7-10-4-3-5-16(13,14)15/h8,10H,3-7H2,1-2H3,(H,11,12)(H,13,14,15). The summed E-state index contributed by atoms with van der Waals surface area (Å²) in [5.41, 5.74) is 0. The highest BCUT2D eigenvalue weighted by Gasteiger charge is 2.04. The largest absolute Gasteiger partial charge is 0.355 e. The van der Waals surface area contributed by atoms with Crippen molar-refractivity contribution >= 4 is 16.0 Å². The summed E-state index contributed by atoms with van der Waals surface area (Å²) in [7, 11) is -3.89. The second-order valence-electron chi connectivity index (χ2n) is 4.01. The fourth-order valence-electron chi connectivity index (χ4n) is 0.962. The van der Waals surface area contributed by atoms with E-state index in [0.717, 1.165) is 0 Å². The van der Waals surface area contributed by atoms with Gasteiger partial charge >= 0.3 is 0 Å². The maximum Gasteiger partial charge on any atom is 0.264 e. The fraction of sp³-hybridized carbons (Fsp3) is 0.889. The van der Waals surface area contributed by atoms with Crippen LogP contribution in [-0.2, 0) is 14.9 Å². The number of nitrogens with one attached hydrogen (secondary N) is 2. The van der Waals surface area contributed by atoms with E-state index < -0.39 is 10.1 Å². The van der Waals surface area contributed by atoms with Crippen LogP contribution in [-0.4, -0.2) is 44.3 Å². The molecule has 1 amide bonds. The average molecular weight is 252 g/mol. The normalized spacial score (nSPS) is 11.8. The molecule has 0 aromatic carbocycles. The van der Waals surface area contributed by atoms with E-state index in [-0.39, 0.29) is 24.6 Å². The predicted molar refractivity (Wildman–Crippen MR) is 61.8 cm³/mol. The number of hydrogen-bond donors (Lipinski definition) is 3. The Balaban J connectivity index is 3.42. The molecule has 0 rings (SSSR count). The van der Waals surface area contributed by atoms with Crippen molar-refractivity contribution in [1.29, 1.82) is 0 Å². The van der Waals surface area contributed by atoms with Crippen LogP contribution in [0.2, 0.25) is 0 Å². The van der Waals surface area contributed by atoms with Crippen LogP contribution in [0.4, 0.5) is 0 Å². The van der Waals surface area contributed by atoms with Gasteiger partial charge in [0.25, 0.3) is 10.1 Å². The minimum atomic E-state index is -3.89. The third-order valence-corrected chi connectivity index (χ3v) is 2.55. The zero-order valence-electron chi connectivity index (χ0n) is 9.69. The summed E-state index contributed by atoms with van der Waals surface area (Å²) in [4.78, 5) is 11.2. The van der Waals surface area contributed by atoms with E-state index >= 15 is 0 Å². The minimum absolute atomic E-state index is 0.111. The van der Waals surface area contributed by atoms with Gasteiger partial charge in [-0.05, 0) is 18.9 Å². The molecule has 0 radical (unpaired) electrons. The molecule has 0 fully saturated rings. The lowest BCUT2D eigenvalue weighted by Crippen LogP contribution is -2.36. The first kappa shape index (κ1) is 15.3. The van der Waals surface area contributed by atoms with Crippen LogP contribution in [0.25, 0.3) is 0 Å². The number of rotatable bonds is 8. The van der Waals surface area contributed by atoms with Gasteiger partial charge in [0, 0.05) is 6.54 Å². The lowest BCUT2D eigenvalue weighted by atomic mass is 10.2. The van der Waals surface area contributed by atoms with Crippen molar-refractivity contribution in [1.82, 2.24) is 10.6 Å². The van der Waals surface area contributed by atoms with Gasteiger partial charge in [-0.15, -0.1) is 0 Å². The molecule has 0 spiro atoms. The summed E-state index contributed by atoms with van der Waals surface area (Å²) in [5, 5.41) is 5.51. The molecule has 7 heteroatoms. The quantitative estimate of drug-likeness (QED) is 0.404. The summed E-state index contributed by atoms with van der Waals surface area (Å²) in [6, 6.07) is 0. The molecule has 0 unspecified atom stereocenters. The van der Waals surface area contributed by atoms with Gasteiger partial charge in [0.2, 0.25) is 5.91 Å². The third-order valence-electron chi connectivity index (χ3n) is 1.75. The number of amides is 1. The van der Waals surface area contributed by atoms with Gasteiger partial charge in [0.15, 0.2) is 0 Å². The summed E-state index contributed by atoms with van der Waals surface area (Å²) in [5.74, 6) is 0.0113. The van der Waals surface area contributed by atoms with Crippen LogP contribution in [0.1, 0.15) is 20.3 Å². The molecular weight excluding hydrogens is 232 g/mol. The Hall–Kier alpha value is -0.660. The molecule has 0 aliphatic rings. The van der Waals surface area contributed by atoms with Gasteiger partial charge in [0.1, 0.15) is 0 Å². The Morgan fingerprint density at radius 2 is 2.00 bits per heavy atom. The Kier molecular flexibility index (Phi) is 7.27. The number of carbonyl (C=O) groups is 1. The van der Waals surface area contributed by atoms with Crippen molar-refractivity contribution in [3.05, 3.63) is 0 Å². The summed E-state index contributed by atoms with van der Waals surface area (Å²) >= 11 is 0. The molecule has 0 aliphatic carbocycles. The molecule has 0 aliphatic heterocycles. The highest BCUT2D eigenvalue weighted by atomic mass is 32.2. The monoisotopic (exact) mass is 252 g/mol. The van der Waals surface area contributed by atoms with E-state index in [9.17, 15) is 13.2 Å². The van der Waals surface area contributed by atoms with Crippen molar-refractivity contribution in [3.63, 3.8) is 0 Å². The van der Waals surface area contributed by atoms with E-state index in [2.05, 4.69) is 10.6 Å². The van der Waals surface area contributed by atoms with E-state index in [1.165, 1.54) is 0 Å². The van der Waals surface area contributed by atoms with Gasteiger partial charge in [-0.2, -0.15) is 8.42 Å². The molecule has 0 saturated carbocycles. The van der Waals surface area contributed by atoms with Crippen LogP contribution in [0, 0.1) is 5.92 Å². The van der Waals surface area contributed by atoms with Crippen molar-refractivity contribution < 1.29 is 17.8 Å². The first-order valence-electron chi connectivity index (χ1n) is 5.24. The van der Waals surface area contributed by atoms with Crippen LogP contribution in [0.15, 0.2) is 0 Å². The van der Waals surface area contributed by atoms with Crippen LogP contribution < -0.4 is 10.6 Å². The fourth-order valence-corrected chi connectivity index (χ4v) is 1.47. The molecule has 0 aromatic heterocycles. The zero-order valence-corrected chi connectivity index (χ0v) is 10.5. The average Bonchev–Trinajstić information content (AvgIpc) is 2.12. The third kappa shape index (κ3) is 11.4. The van der Waals surface area contributed by atoms with Crippen LogP contribution in [0.3, 0.4) is 0 Å². The first-order chi connectivity index (χ1) is 7.31. The van der Waals surface area contributed by atoms with E-state index in [1.54, 1.807) is 0 Å². The van der Waals surface area contributed by atoms with E-state index in [1.807, 2.05) is 13.8 Å². The van der Waals surface area contributed by atoms with Gasteiger partial charge in [0.05, 0.1) is 12.3 Å². The number of carbonyl (C=O) groups excluding carboxylic acids is 1. The van der Waals surface area contributed by atoms with Gasteiger partial charge in [-0.1, -0.05) is 13.8 Å². The molecular formula is C9H20N2O4S. The highest BCUT2D eigenvalue weighted by molar-refractivity contribution is 7.85. The molecule has 0 bridgehead atoms. The Morgan fingerprint density at radius 3 is 2.50 bits per heavy atom. The van der Waals surface area contributed by atoms with Gasteiger partial charge in [-0.3, -0.25) is 9.35 Å². The molecule has 0 heterocycles. The SMILES string of the molecule is CC(C)CNC(=O)CNCCCS(=O)(=O)O. The van der Waals surface area contributed by atoms with Crippen LogP contribution in [0.5, 0.6) is 0 Å². The van der Waals surface area contributed by atoms with E-state index in [4.69, 9.17) is 4.55 Å². The highest BCUT2D eigenvalue weighted by Crippen LogP contribution is 1.87. The maximum absolute atomic E-state index is 11.2.